The van der Waals surface area contributed by atoms with Crippen LogP contribution in [0.4, 0.5) is 0 Å². The molecule has 1 unspecified atom stereocenters. The van der Waals surface area contributed by atoms with Gasteiger partial charge in [0.25, 0.3) is 0 Å². The highest BCUT2D eigenvalue weighted by Crippen LogP contribution is 2.29. The van der Waals surface area contributed by atoms with E-state index < -0.39 is 0 Å². The predicted octanol–water partition coefficient (Wildman–Crippen LogP) is 3.82. The van der Waals surface area contributed by atoms with Crippen LogP contribution >= 0.6 is 0 Å². The fraction of sp³-hybridized carbons (Fsp3) is 0.200. The minimum atomic E-state index is 0.591. The number of hydrogen-bond acceptors (Lipinski definition) is 0. The average Bonchev–Trinajstić information content (AvgIpc) is 2.31. The summed E-state index contributed by atoms with van der Waals surface area (Å²) in [6.45, 7) is 2.28. The van der Waals surface area contributed by atoms with E-state index in [2.05, 4.69) is 68.4 Å². The van der Waals surface area contributed by atoms with Gasteiger partial charge in [0.15, 0.2) is 0 Å². The molecule has 2 aliphatic rings. The van der Waals surface area contributed by atoms with E-state index in [4.69, 9.17) is 0 Å². The normalized spacial score (nSPS) is 23.5. The molecule has 0 bridgehead atoms. The van der Waals surface area contributed by atoms with E-state index >= 15 is 0 Å². The van der Waals surface area contributed by atoms with Gasteiger partial charge in [-0.05, 0) is 12.3 Å². The molecule has 0 fully saturated rings. The average molecular weight is 196 g/mol. The molecule has 4 radical (unpaired) electrons. The maximum absolute atomic E-state index is 2.28. The van der Waals surface area contributed by atoms with E-state index in [1.54, 1.807) is 0 Å². The summed E-state index contributed by atoms with van der Waals surface area (Å²) >= 11 is 0. The number of hydrogen-bond donors (Lipinski definition) is 0. The molecule has 15 heavy (non-hydrogen) atoms. The van der Waals surface area contributed by atoms with Crippen LogP contribution in [0.25, 0.3) is 0 Å². The summed E-state index contributed by atoms with van der Waals surface area (Å²) < 4.78 is 0. The standard InChI is InChI=1S/C15H16/c1-13(15-10-6-3-7-11-15)12-14-8-4-2-5-9-14/h2-11,13H,12H2,1H3. The molecule has 0 heterocycles. The Morgan fingerprint density at radius 3 is 2.00 bits per heavy atom. The molecule has 0 nitrogen and oxygen atoms in total. The lowest BCUT2D eigenvalue weighted by Crippen LogP contribution is -2.09. The zero-order chi connectivity index (χ0) is 10.5. The lowest BCUT2D eigenvalue weighted by molar-refractivity contribution is 0.623. The molecule has 0 aliphatic heterocycles. The van der Waals surface area contributed by atoms with Crippen molar-refractivity contribution < 1.29 is 0 Å². The van der Waals surface area contributed by atoms with Crippen LogP contribution in [0.15, 0.2) is 48.6 Å². The molecule has 2 aliphatic carbocycles. The van der Waals surface area contributed by atoms with Crippen molar-refractivity contribution >= 4 is 0 Å². The molecule has 0 saturated heterocycles. The van der Waals surface area contributed by atoms with Gasteiger partial charge in [0, 0.05) is 24.7 Å². The first kappa shape index (κ1) is 10.5. The molecule has 1 atom stereocenters. The predicted molar refractivity (Wildman–Crippen MR) is 65.4 cm³/mol. The molecule has 0 heteroatoms. The van der Waals surface area contributed by atoms with Crippen LogP contribution in [0.2, 0.25) is 0 Å². The van der Waals surface area contributed by atoms with E-state index in [0.29, 0.717) is 5.92 Å². The van der Waals surface area contributed by atoms with Gasteiger partial charge in [0.1, 0.15) is 0 Å². The van der Waals surface area contributed by atoms with Crippen molar-refractivity contribution in [1.29, 1.82) is 0 Å². The molecular formula is C15H16. The van der Waals surface area contributed by atoms with Crippen LogP contribution in [-0.4, -0.2) is 0 Å². The Labute approximate surface area is 93.1 Å². The van der Waals surface area contributed by atoms with Gasteiger partial charge in [-0.15, -0.1) is 0 Å². The van der Waals surface area contributed by atoms with E-state index in [0.717, 1.165) is 6.42 Å². The highest BCUT2D eigenvalue weighted by Gasteiger charge is 2.17. The monoisotopic (exact) mass is 196 g/mol. The van der Waals surface area contributed by atoms with Crippen LogP contribution in [0, 0.1) is 30.6 Å². The highest BCUT2D eigenvalue weighted by molar-refractivity contribution is 5.38. The minimum absolute atomic E-state index is 0.591. The Morgan fingerprint density at radius 1 is 0.867 bits per heavy atom. The Kier molecular flexibility index (Phi) is 3.60. The summed E-state index contributed by atoms with van der Waals surface area (Å²) in [4.78, 5) is 0. The third-order valence-electron chi connectivity index (χ3n) is 2.75. The number of rotatable bonds is 3. The maximum atomic E-state index is 2.28. The van der Waals surface area contributed by atoms with Crippen molar-refractivity contribution in [2.75, 3.05) is 0 Å². The van der Waals surface area contributed by atoms with Gasteiger partial charge >= 0.3 is 0 Å². The first-order valence-electron chi connectivity index (χ1n) is 5.45. The van der Waals surface area contributed by atoms with Crippen molar-refractivity contribution in [1.82, 2.24) is 0 Å². The largest absolute Gasteiger partial charge is 0.0798 e. The second-order valence-corrected chi connectivity index (χ2v) is 4.00. The topological polar surface area (TPSA) is 0 Å². The molecule has 0 aromatic carbocycles. The lowest BCUT2D eigenvalue weighted by atomic mass is 9.83. The van der Waals surface area contributed by atoms with E-state index in [9.17, 15) is 0 Å². The minimum Gasteiger partial charge on any atom is -0.0798 e. The molecular weight excluding hydrogens is 180 g/mol. The quantitative estimate of drug-likeness (QED) is 0.643. The summed E-state index contributed by atoms with van der Waals surface area (Å²) in [5.74, 6) is 3.42. The Bertz CT molecular complexity index is 280. The van der Waals surface area contributed by atoms with Gasteiger partial charge in [-0.3, -0.25) is 0 Å². The van der Waals surface area contributed by atoms with Crippen molar-refractivity contribution in [3.05, 3.63) is 73.3 Å². The number of allylic oxidation sites excluding steroid dienone is 8. The van der Waals surface area contributed by atoms with E-state index in [-0.39, 0.29) is 0 Å². The summed E-state index contributed by atoms with van der Waals surface area (Å²) in [5.41, 5.74) is 0. The zero-order valence-corrected chi connectivity index (χ0v) is 9.06. The lowest BCUT2D eigenvalue weighted by Gasteiger charge is -2.21. The molecule has 0 spiro atoms. The van der Waals surface area contributed by atoms with Crippen LogP contribution in [0.3, 0.4) is 0 Å². The van der Waals surface area contributed by atoms with Gasteiger partial charge in [-0.2, -0.15) is 0 Å². The third-order valence-corrected chi connectivity index (χ3v) is 2.75. The van der Waals surface area contributed by atoms with Gasteiger partial charge in [0.05, 0.1) is 0 Å². The smallest absolute Gasteiger partial charge is 0.0216 e. The Morgan fingerprint density at radius 2 is 1.40 bits per heavy atom. The molecule has 0 amide bonds. The van der Waals surface area contributed by atoms with Crippen molar-refractivity contribution in [2.45, 2.75) is 13.3 Å². The molecule has 0 saturated carbocycles. The molecule has 0 N–H and O–H groups in total. The first-order valence-corrected chi connectivity index (χ1v) is 5.45. The van der Waals surface area contributed by atoms with Gasteiger partial charge in [0.2, 0.25) is 0 Å². The molecule has 76 valence electrons. The SMILES string of the molecule is CC(C[C]1C=C[CH]C=C1)[C]1C=C[CH]C=C1. The van der Waals surface area contributed by atoms with Gasteiger partial charge in [-0.1, -0.05) is 55.5 Å². The van der Waals surface area contributed by atoms with Crippen LogP contribution < -0.4 is 0 Å². The molecule has 2 rings (SSSR count). The Balaban J connectivity index is 1.88. The highest BCUT2D eigenvalue weighted by atomic mass is 14.2. The van der Waals surface area contributed by atoms with Gasteiger partial charge < -0.3 is 0 Å². The molecule has 0 aromatic rings. The van der Waals surface area contributed by atoms with Crippen molar-refractivity contribution in [3.8, 4) is 0 Å². The Hall–Kier alpha value is -1.04. The fourth-order valence-electron chi connectivity index (χ4n) is 1.87. The van der Waals surface area contributed by atoms with E-state index in [1.807, 2.05) is 0 Å². The van der Waals surface area contributed by atoms with Crippen LogP contribution in [0.5, 0.6) is 0 Å². The summed E-state index contributed by atoms with van der Waals surface area (Å²) in [7, 11) is 0. The fourth-order valence-corrected chi connectivity index (χ4v) is 1.87. The second-order valence-electron chi connectivity index (χ2n) is 4.00. The van der Waals surface area contributed by atoms with Crippen LogP contribution in [-0.2, 0) is 0 Å². The maximum Gasteiger partial charge on any atom is 0.0216 e. The van der Waals surface area contributed by atoms with Gasteiger partial charge in [-0.25, -0.2) is 0 Å². The summed E-state index contributed by atoms with van der Waals surface area (Å²) in [6, 6.07) is 0. The summed E-state index contributed by atoms with van der Waals surface area (Å²) in [5, 5.41) is 0. The van der Waals surface area contributed by atoms with Crippen molar-refractivity contribution in [3.63, 3.8) is 0 Å². The zero-order valence-electron chi connectivity index (χ0n) is 9.06. The molecule has 0 aromatic heterocycles. The summed E-state index contributed by atoms with van der Waals surface area (Å²) in [6.07, 6.45) is 22.5. The van der Waals surface area contributed by atoms with E-state index in [1.165, 1.54) is 11.8 Å². The first-order chi connectivity index (χ1) is 7.36. The van der Waals surface area contributed by atoms with Crippen LogP contribution in [0.1, 0.15) is 13.3 Å². The third kappa shape index (κ3) is 2.95. The second kappa shape index (κ2) is 5.16. The van der Waals surface area contributed by atoms with Crippen molar-refractivity contribution in [2.24, 2.45) is 5.92 Å².